The maximum atomic E-state index is 4.75. The summed E-state index contributed by atoms with van der Waals surface area (Å²) in [5.74, 6) is 0. The summed E-state index contributed by atoms with van der Waals surface area (Å²) in [4.78, 5) is 9.49. The van der Waals surface area contributed by atoms with E-state index < -0.39 is 0 Å². The Morgan fingerprint density at radius 1 is 0.667 bits per heavy atom. The van der Waals surface area contributed by atoms with E-state index in [1.165, 1.54) is 22.3 Å². The SMILES string of the molecule is CSC(=NCCCCN=C(Nc1c(C)cccc1C)SC)Nc1c(C)cccc1C. The smallest absolute Gasteiger partial charge is 0.160 e. The largest absolute Gasteiger partial charge is 0.335 e. The van der Waals surface area contributed by atoms with Crippen LogP contribution in [0.3, 0.4) is 0 Å². The van der Waals surface area contributed by atoms with Crippen LogP contribution in [-0.4, -0.2) is 35.9 Å². The molecule has 0 unspecified atom stereocenters. The monoisotopic (exact) mass is 442 g/mol. The van der Waals surface area contributed by atoms with Gasteiger partial charge in [0.2, 0.25) is 0 Å². The van der Waals surface area contributed by atoms with Crippen molar-refractivity contribution in [2.75, 3.05) is 36.2 Å². The van der Waals surface area contributed by atoms with Crippen LogP contribution in [0.15, 0.2) is 46.4 Å². The molecule has 0 aromatic heterocycles. The van der Waals surface area contributed by atoms with Gasteiger partial charge in [-0.25, -0.2) is 0 Å². The molecule has 6 heteroatoms. The number of nitrogens with one attached hydrogen (secondary N) is 2. The van der Waals surface area contributed by atoms with E-state index in [-0.39, 0.29) is 0 Å². The zero-order chi connectivity index (χ0) is 21.9. The summed E-state index contributed by atoms with van der Waals surface area (Å²) in [5, 5.41) is 8.93. The van der Waals surface area contributed by atoms with Gasteiger partial charge in [0, 0.05) is 24.5 Å². The van der Waals surface area contributed by atoms with Gasteiger partial charge in [-0.1, -0.05) is 59.9 Å². The number of unbranched alkanes of at least 4 members (excludes halogenated alkanes) is 1. The van der Waals surface area contributed by atoms with Crippen LogP contribution >= 0.6 is 23.5 Å². The van der Waals surface area contributed by atoms with Gasteiger partial charge in [-0.2, -0.15) is 0 Å². The Bertz CT molecular complexity index is 777. The second-order valence-electron chi connectivity index (χ2n) is 7.27. The molecule has 0 aliphatic carbocycles. The van der Waals surface area contributed by atoms with Crippen LogP contribution in [0.1, 0.15) is 35.1 Å². The molecule has 4 nitrogen and oxygen atoms in total. The van der Waals surface area contributed by atoms with E-state index in [4.69, 9.17) is 9.98 Å². The van der Waals surface area contributed by atoms with Crippen LogP contribution in [0.5, 0.6) is 0 Å². The first-order chi connectivity index (χ1) is 14.5. The lowest BCUT2D eigenvalue weighted by Gasteiger charge is -2.13. The number of rotatable bonds is 7. The number of para-hydroxylation sites is 2. The fourth-order valence-electron chi connectivity index (χ4n) is 3.13. The van der Waals surface area contributed by atoms with E-state index in [1.54, 1.807) is 23.5 Å². The summed E-state index contributed by atoms with van der Waals surface area (Å²) in [6.07, 6.45) is 6.17. The van der Waals surface area contributed by atoms with Gasteiger partial charge >= 0.3 is 0 Å². The van der Waals surface area contributed by atoms with Crippen LogP contribution in [-0.2, 0) is 0 Å². The van der Waals surface area contributed by atoms with E-state index >= 15 is 0 Å². The fraction of sp³-hybridized carbons (Fsp3) is 0.417. The highest BCUT2D eigenvalue weighted by Crippen LogP contribution is 2.22. The molecule has 0 fully saturated rings. The van der Waals surface area contributed by atoms with Crippen LogP contribution in [0.4, 0.5) is 11.4 Å². The molecule has 2 aromatic carbocycles. The maximum Gasteiger partial charge on any atom is 0.160 e. The van der Waals surface area contributed by atoms with Gasteiger partial charge in [0.25, 0.3) is 0 Å². The van der Waals surface area contributed by atoms with Gasteiger partial charge in [-0.05, 0) is 75.3 Å². The molecule has 2 N–H and O–H groups in total. The lowest BCUT2D eigenvalue weighted by atomic mass is 10.1. The maximum absolute atomic E-state index is 4.75. The van der Waals surface area contributed by atoms with Crippen molar-refractivity contribution in [1.82, 2.24) is 0 Å². The van der Waals surface area contributed by atoms with Crippen molar-refractivity contribution in [1.29, 1.82) is 0 Å². The predicted molar refractivity (Wildman–Crippen MR) is 140 cm³/mol. The molecule has 0 bridgehead atoms. The molecule has 0 saturated carbocycles. The Hall–Kier alpha value is -1.92. The van der Waals surface area contributed by atoms with Crippen LogP contribution < -0.4 is 10.6 Å². The molecule has 162 valence electrons. The van der Waals surface area contributed by atoms with E-state index in [9.17, 15) is 0 Å². The van der Waals surface area contributed by atoms with E-state index in [0.29, 0.717) is 0 Å². The number of nitrogens with zero attached hydrogens (tertiary/aromatic N) is 2. The van der Waals surface area contributed by atoms with Gasteiger partial charge in [0.05, 0.1) is 0 Å². The second kappa shape index (κ2) is 12.7. The molecule has 0 amide bonds. The number of hydrogen-bond acceptors (Lipinski definition) is 4. The lowest BCUT2D eigenvalue weighted by Crippen LogP contribution is -2.11. The third-order valence-electron chi connectivity index (χ3n) is 4.89. The standard InChI is InChI=1S/C24H34N4S2/c1-17-11-9-12-18(2)21(17)27-23(29-5)25-15-7-8-16-26-24(30-6)28-22-19(3)13-10-14-20(22)4/h9-14H,7-8,15-16H2,1-6H3,(H,25,27)(H,26,28). The molecule has 2 aromatic rings. The summed E-state index contributed by atoms with van der Waals surface area (Å²) in [6, 6.07) is 12.7. The van der Waals surface area contributed by atoms with Crippen LogP contribution in [0.25, 0.3) is 0 Å². The van der Waals surface area contributed by atoms with Crippen molar-refractivity contribution >= 4 is 45.2 Å². The minimum atomic E-state index is 0.808. The second-order valence-corrected chi connectivity index (χ2v) is 8.86. The molecule has 0 saturated heterocycles. The summed E-state index contributed by atoms with van der Waals surface area (Å²) in [5.41, 5.74) is 7.30. The summed E-state index contributed by atoms with van der Waals surface area (Å²) in [7, 11) is 0. The number of benzene rings is 2. The highest BCUT2D eigenvalue weighted by atomic mass is 32.2. The molecule has 2 rings (SSSR count). The van der Waals surface area contributed by atoms with Gasteiger partial charge in [-0.3, -0.25) is 9.98 Å². The highest BCUT2D eigenvalue weighted by Gasteiger charge is 2.06. The number of thioether (sulfide) groups is 2. The Balaban J connectivity index is 1.84. The van der Waals surface area contributed by atoms with Crippen molar-refractivity contribution in [2.24, 2.45) is 9.98 Å². The minimum Gasteiger partial charge on any atom is -0.335 e. The molecular formula is C24H34N4S2. The summed E-state index contributed by atoms with van der Waals surface area (Å²) >= 11 is 3.31. The molecular weight excluding hydrogens is 408 g/mol. The third kappa shape index (κ3) is 7.40. The van der Waals surface area contributed by atoms with Crippen molar-refractivity contribution in [3.05, 3.63) is 58.7 Å². The summed E-state index contributed by atoms with van der Waals surface area (Å²) < 4.78 is 0. The normalized spacial score (nSPS) is 12.2. The van der Waals surface area contributed by atoms with Gasteiger partial charge in [-0.15, -0.1) is 0 Å². The fourth-order valence-corrected chi connectivity index (χ4v) is 3.98. The quantitative estimate of drug-likeness (QED) is 0.286. The third-order valence-corrected chi connectivity index (χ3v) is 6.13. The number of amidine groups is 2. The average Bonchev–Trinajstić information content (AvgIpc) is 2.73. The first-order valence-electron chi connectivity index (χ1n) is 10.3. The molecule has 0 heterocycles. The van der Waals surface area contributed by atoms with Crippen LogP contribution in [0, 0.1) is 27.7 Å². The lowest BCUT2D eigenvalue weighted by molar-refractivity contribution is 0.758. The number of aliphatic imine (C=N–C) groups is 2. The molecule has 0 aliphatic heterocycles. The number of hydrogen-bond donors (Lipinski definition) is 2. The van der Waals surface area contributed by atoms with Crippen molar-refractivity contribution in [3.63, 3.8) is 0 Å². The van der Waals surface area contributed by atoms with E-state index in [1.807, 2.05) is 0 Å². The van der Waals surface area contributed by atoms with Gasteiger partial charge in [0.15, 0.2) is 10.3 Å². The minimum absolute atomic E-state index is 0.808. The zero-order valence-corrected chi connectivity index (χ0v) is 20.6. The number of anilines is 2. The Kier molecular flexibility index (Phi) is 10.3. The van der Waals surface area contributed by atoms with E-state index in [2.05, 4.69) is 87.2 Å². The van der Waals surface area contributed by atoms with Crippen molar-refractivity contribution in [3.8, 4) is 0 Å². The topological polar surface area (TPSA) is 48.8 Å². The van der Waals surface area contributed by atoms with Crippen molar-refractivity contribution < 1.29 is 0 Å². The molecule has 0 spiro atoms. The molecule has 30 heavy (non-hydrogen) atoms. The van der Waals surface area contributed by atoms with Crippen LogP contribution in [0.2, 0.25) is 0 Å². The summed E-state index contributed by atoms with van der Waals surface area (Å²) in [6.45, 7) is 10.1. The molecule has 0 radical (unpaired) electrons. The predicted octanol–water partition coefficient (Wildman–Crippen LogP) is 6.66. The molecule has 0 atom stereocenters. The molecule has 0 aliphatic rings. The Morgan fingerprint density at radius 3 is 1.30 bits per heavy atom. The van der Waals surface area contributed by atoms with Gasteiger partial charge < -0.3 is 10.6 Å². The number of aryl methyl sites for hydroxylation is 4. The van der Waals surface area contributed by atoms with E-state index in [0.717, 1.165) is 47.6 Å². The first kappa shape index (κ1) is 24.4. The Labute approximate surface area is 190 Å². The first-order valence-corrected chi connectivity index (χ1v) is 12.7. The average molecular weight is 443 g/mol. The Morgan fingerprint density at radius 2 is 1.00 bits per heavy atom. The van der Waals surface area contributed by atoms with Gasteiger partial charge in [0.1, 0.15) is 0 Å². The van der Waals surface area contributed by atoms with Crippen molar-refractivity contribution in [2.45, 2.75) is 40.5 Å². The highest BCUT2D eigenvalue weighted by molar-refractivity contribution is 8.13. The zero-order valence-electron chi connectivity index (χ0n) is 19.0.